The van der Waals surface area contributed by atoms with Crippen molar-refractivity contribution in [2.45, 2.75) is 104 Å². The molecule has 3 aromatic carbocycles. The summed E-state index contributed by atoms with van der Waals surface area (Å²) in [5, 5.41) is 0. The maximum atomic E-state index is 13.5. The van der Waals surface area contributed by atoms with Gasteiger partial charge in [-0.1, -0.05) is 90.1 Å². The number of rotatable bonds is 0. The number of benzene rings is 3. The highest BCUT2D eigenvalue weighted by Gasteiger charge is 2.24. The summed E-state index contributed by atoms with van der Waals surface area (Å²) in [6, 6.07) is 16.2. The van der Waals surface area contributed by atoms with Gasteiger partial charge in [0.15, 0.2) is 0 Å². The van der Waals surface area contributed by atoms with E-state index in [4.69, 9.17) is 0 Å². The van der Waals surface area contributed by atoms with E-state index in [0.29, 0.717) is 0 Å². The monoisotopic (exact) mass is 562 g/mol. The molecule has 0 fully saturated rings. The van der Waals surface area contributed by atoms with Crippen molar-refractivity contribution in [1.29, 1.82) is 0 Å². The Bertz CT molecular complexity index is 1390. The SMILES string of the molecule is CC(C)(C)c1cc2cc(c1)CC(=O)Cc1cc(c3cc1CC(=O)Cc1cc(cc(C(C)(C)C)c1)CC(=O)C3)CC(=O)C2. The van der Waals surface area contributed by atoms with Crippen LogP contribution in [0.1, 0.15) is 97.2 Å². The first kappa shape index (κ1) is 29.8. The number of carbonyl (C=O) groups is 4. The van der Waals surface area contributed by atoms with Crippen LogP contribution < -0.4 is 0 Å². The Kier molecular flexibility index (Phi) is 7.96. The molecule has 0 saturated heterocycles. The maximum absolute atomic E-state index is 13.5. The van der Waals surface area contributed by atoms with E-state index < -0.39 is 0 Å². The van der Waals surface area contributed by atoms with E-state index in [1.807, 2.05) is 24.3 Å². The van der Waals surface area contributed by atoms with Gasteiger partial charge in [-0.15, -0.1) is 0 Å². The van der Waals surface area contributed by atoms with E-state index in [9.17, 15) is 19.2 Å². The predicted molar refractivity (Wildman–Crippen MR) is 166 cm³/mol. The van der Waals surface area contributed by atoms with Crippen LogP contribution in [-0.2, 0) is 81.4 Å². The molecule has 2 aliphatic carbocycles. The lowest BCUT2D eigenvalue weighted by Crippen LogP contribution is -2.20. The van der Waals surface area contributed by atoms with E-state index in [1.165, 1.54) is 0 Å². The van der Waals surface area contributed by atoms with Gasteiger partial charge in [0.05, 0.1) is 0 Å². The predicted octanol–water partition coefficient (Wildman–Crippen LogP) is 6.33. The van der Waals surface area contributed by atoms with Crippen molar-refractivity contribution in [2.75, 3.05) is 0 Å². The molecule has 2 aliphatic rings. The van der Waals surface area contributed by atoms with Crippen LogP contribution in [0.3, 0.4) is 0 Å². The molecule has 5 rings (SSSR count). The van der Waals surface area contributed by atoms with Crippen molar-refractivity contribution in [1.82, 2.24) is 0 Å². The van der Waals surface area contributed by atoms with E-state index in [-0.39, 0.29) is 85.3 Å². The smallest absolute Gasteiger partial charge is 0.141 e. The normalized spacial score (nSPS) is 16.7. The molecule has 0 aliphatic heterocycles. The van der Waals surface area contributed by atoms with E-state index in [1.54, 1.807) is 0 Å². The highest BCUT2D eigenvalue weighted by Crippen LogP contribution is 2.29. The third-order valence-electron chi connectivity index (χ3n) is 8.51. The standard InChI is InChI=1S/C38H42O4/c1-37(2,3)31-9-23-7-24(10-31)14-34(40)20-28-17-27(19-33(39)13-23)29-18-30(28)22-36(42)16-26-8-25(15-35(41)21-29)11-32(12-26)38(4,5)6/h7-12,17-18H,13-16,19-22H2,1-6H3. The van der Waals surface area contributed by atoms with Crippen LogP contribution in [-0.4, -0.2) is 23.1 Å². The molecular weight excluding hydrogens is 520 g/mol. The minimum absolute atomic E-state index is 0.0750. The zero-order chi connectivity index (χ0) is 30.4. The Balaban J connectivity index is 1.57. The Hall–Kier alpha value is -3.66. The fraction of sp³-hybridized carbons (Fsp3) is 0.421. The summed E-state index contributed by atoms with van der Waals surface area (Å²) in [6.07, 6.45) is 1.86. The van der Waals surface area contributed by atoms with Gasteiger partial charge in [-0.3, -0.25) is 19.2 Å². The maximum Gasteiger partial charge on any atom is 0.141 e. The molecule has 0 atom stereocenters. The van der Waals surface area contributed by atoms with Gasteiger partial charge >= 0.3 is 0 Å². The molecule has 0 unspecified atom stereocenters. The number of carbonyl (C=O) groups excluding carboxylic acids is 4. The van der Waals surface area contributed by atoms with Crippen LogP contribution in [0.5, 0.6) is 0 Å². The molecule has 42 heavy (non-hydrogen) atoms. The second-order valence-electron chi connectivity index (χ2n) is 14.5. The quantitative estimate of drug-likeness (QED) is 0.321. The molecule has 0 radical (unpaired) electrons. The van der Waals surface area contributed by atoms with Crippen molar-refractivity contribution in [3.05, 3.63) is 104 Å². The first-order valence-corrected chi connectivity index (χ1v) is 15.1. The van der Waals surface area contributed by atoms with Gasteiger partial charge in [0, 0.05) is 51.4 Å². The zero-order valence-electron chi connectivity index (χ0n) is 25.9. The Labute approximate surface area is 249 Å². The van der Waals surface area contributed by atoms with E-state index in [0.717, 1.165) is 55.6 Å². The van der Waals surface area contributed by atoms with Gasteiger partial charge in [0.25, 0.3) is 0 Å². The molecule has 8 bridgehead atoms. The first-order chi connectivity index (χ1) is 19.6. The number of hydrogen-bond donors (Lipinski definition) is 0. The first-order valence-electron chi connectivity index (χ1n) is 15.1. The average molecular weight is 563 g/mol. The minimum atomic E-state index is -0.115. The van der Waals surface area contributed by atoms with Crippen LogP contribution in [0, 0.1) is 0 Å². The number of fused-ring (bicyclic) bond motifs is 10. The van der Waals surface area contributed by atoms with Crippen molar-refractivity contribution in [2.24, 2.45) is 0 Å². The molecule has 0 heterocycles. The van der Waals surface area contributed by atoms with Gasteiger partial charge in [-0.2, -0.15) is 0 Å². The minimum Gasteiger partial charge on any atom is -0.299 e. The summed E-state index contributed by atoms with van der Waals surface area (Å²) >= 11 is 0. The molecule has 0 aromatic heterocycles. The summed E-state index contributed by atoms with van der Waals surface area (Å²) in [6.45, 7) is 12.8. The molecule has 0 N–H and O–H groups in total. The van der Waals surface area contributed by atoms with Gasteiger partial charge in [-0.05, 0) is 66.5 Å². The van der Waals surface area contributed by atoms with Gasteiger partial charge < -0.3 is 0 Å². The van der Waals surface area contributed by atoms with E-state index >= 15 is 0 Å². The van der Waals surface area contributed by atoms with Crippen LogP contribution in [0.15, 0.2) is 48.5 Å². The molecule has 3 aromatic rings. The van der Waals surface area contributed by atoms with Crippen LogP contribution in [0.4, 0.5) is 0 Å². The van der Waals surface area contributed by atoms with Gasteiger partial charge in [0.1, 0.15) is 23.1 Å². The van der Waals surface area contributed by atoms with Crippen molar-refractivity contribution < 1.29 is 19.2 Å². The average Bonchev–Trinajstić information content (AvgIpc) is 2.83. The fourth-order valence-electron chi connectivity index (χ4n) is 6.26. The highest BCUT2D eigenvalue weighted by molar-refractivity contribution is 5.90. The molecule has 0 amide bonds. The lowest BCUT2D eigenvalue weighted by atomic mass is 9.81. The largest absolute Gasteiger partial charge is 0.299 e. The molecule has 0 spiro atoms. The van der Waals surface area contributed by atoms with Gasteiger partial charge in [0.2, 0.25) is 0 Å². The molecule has 4 nitrogen and oxygen atoms in total. The van der Waals surface area contributed by atoms with Crippen LogP contribution >= 0.6 is 0 Å². The molecule has 4 heteroatoms. The molecule has 0 saturated carbocycles. The number of Topliss-reactive ketones (excluding diaryl/α,β-unsaturated/α-hetero) is 4. The summed E-state index contributed by atoms with van der Waals surface area (Å²) in [5.41, 5.74) is 8.85. The van der Waals surface area contributed by atoms with Crippen LogP contribution in [0.2, 0.25) is 0 Å². The third kappa shape index (κ3) is 7.03. The number of ketones is 4. The lowest BCUT2D eigenvalue weighted by Gasteiger charge is -2.23. The molecule has 218 valence electrons. The Morgan fingerprint density at radius 1 is 0.357 bits per heavy atom. The number of hydrogen-bond acceptors (Lipinski definition) is 4. The Morgan fingerprint density at radius 2 is 0.595 bits per heavy atom. The topological polar surface area (TPSA) is 68.3 Å². The third-order valence-corrected chi connectivity index (χ3v) is 8.51. The van der Waals surface area contributed by atoms with Crippen LogP contribution in [0.25, 0.3) is 0 Å². The van der Waals surface area contributed by atoms with E-state index in [2.05, 4.69) is 65.8 Å². The van der Waals surface area contributed by atoms with Crippen molar-refractivity contribution in [3.8, 4) is 0 Å². The lowest BCUT2D eigenvalue weighted by molar-refractivity contribution is -0.119. The summed E-state index contributed by atoms with van der Waals surface area (Å²) in [5.74, 6) is 0.300. The van der Waals surface area contributed by atoms with Gasteiger partial charge in [-0.25, -0.2) is 0 Å². The van der Waals surface area contributed by atoms with Crippen molar-refractivity contribution >= 4 is 23.1 Å². The second kappa shape index (κ2) is 11.2. The summed E-state index contributed by atoms with van der Waals surface area (Å²) in [4.78, 5) is 53.8. The molecular formula is C38H42O4. The summed E-state index contributed by atoms with van der Waals surface area (Å²) < 4.78 is 0. The summed E-state index contributed by atoms with van der Waals surface area (Å²) in [7, 11) is 0. The second-order valence-corrected chi connectivity index (χ2v) is 14.5. The Morgan fingerprint density at radius 3 is 0.810 bits per heavy atom. The highest BCUT2D eigenvalue weighted by atomic mass is 16.1. The fourth-order valence-corrected chi connectivity index (χ4v) is 6.26. The van der Waals surface area contributed by atoms with Crippen molar-refractivity contribution in [3.63, 3.8) is 0 Å². The zero-order valence-corrected chi connectivity index (χ0v) is 25.9.